The first-order valence-corrected chi connectivity index (χ1v) is 5.74. The Morgan fingerprint density at radius 2 is 2.06 bits per heavy atom. The molecule has 1 heterocycles. The van der Waals surface area contributed by atoms with Crippen molar-refractivity contribution in [3.8, 4) is 0 Å². The normalized spacial score (nSPS) is 10.0. The van der Waals surface area contributed by atoms with E-state index in [1.807, 2.05) is 30.3 Å². The van der Waals surface area contributed by atoms with Crippen LogP contribution in [0.15, 0.2) is 48.8 Å². The highest BCUT2D eigenvalue weighted by Crippen LogP contribution is 2.07. The molecule has 92 valence electrons. The van der Waals surface area contributed by atoms with E-state index in [9.17, 15) is 4.79 Å². The molecule has 0 fully saturated rings. The maximum absolute atomic E-state index is 11.7. The van der Waals surface area contributed by atoms with Gasteiger partial charge in [0.05, 0.1) is 6.42 Å². The van der Waals surface area contributed by atoms with Crippen molar-refractivity contribution in [2.75, 3.05) is 5.73 Å². The fourth-order valence-electron chi connectivity index (χ4n) is 1.65. The molecule has 1 aromatic heterocycles. The van der Waals surface area contributed by atoms with Gasteiger partial charge in [-0.05, 0) is 29.3 Å². The molecule has 0 saturated heterocycles. The number of pyridine rings is 1. The van der Waals surface area contributed by atoms with E-state index in [2.05, 4.69) is 10.3 Å². The Morgan fingerprint density at radius 1 is 1.22 bits per heavy atom. The number of carbonyl (C=O) groups excluding carboxylic acids is 1. The monoisotopic (exact) mass is 241 g/mol. The number of carbonyl (C=O) groups is 1. The number of anilines is 1. The summed E-state index contributed by atoms with van der Waals surface area (Å²) in [5.74, 6) is -0.0237. The third-order valence-corrected chi connectivity index (χ3v) is 2.53. The van der Waals surface area contributed by atoms with E-state index in [1.165, 1.54) is 0 Å². The average molecular weight is 241 g/mol. The van der Waals surface area contributed by atoms with Gasteiger partial charge >= 0.3 is 0 Å². The molecule has 0 radical (unpaired) electrons. The van der Waals surface area contributed by atoms with Crippen LogP contribution in [-0.2, 0) is 17.8 Å². The summed E-state index contributed by atoms with van der Waals surface area (Å²) >= 11 is 0. The Hall–Kier alpha value is -2.36. The number of amides is 1. The Morgan fingerprint density at radius 3 is 2.78 bits per heavy atom. The van der Waals surface area contributed by atoms with Gasteiger partial charge in [-0.2, -0.15) is 0 Å². The lowest BCUT2D eigenvalue weighted by molar-refractivity contribution is -0.120. The molecule has 4 nitrogen and oxygen atoms in total. The summed E-state index contributed by atoms with van der Waals surface area (Å²) in [5, 5.41) is 2.85. The maximum atomic E-state index is 11.7. The first-order chi connectivity index (χ1) is 8.74. The predicted molar refractivity (Wildman–Crippen MR) is 70.6 cm³/mol. The highest BCUT2D eigenvalue weighted by atomic mass is 16.1. The number of benzene rings is 1. The third-order valence-electron chi connectivity index (χ3n) is 2.53. The van der Waals surface area contributed by atoms with E-state index in [0.717, 1.165) is 11.1 Å². The Bertz CT molecular complexity index is 526. The first kappa shape index (κ1) is 12.1. The van der Waals surface area contributed by atoms with Gasteiger partial charge in [0.15, 0.2) is 0 Å². The van der Waals surface area contributed by atoms with Crippen molar-refractivity contribution >= 4 is 11.6 Å². The van der Waals surface area contributed by atoms with Crippen LogP contribution in [0.25, 0.3) is 0 Å². The molecular formula is C14H15N3O. The summed E-state index contributed by atoms with van der Waals surface area (Å²) in [6.07, 6.45) is 3.78. The van der Waals surface area contributed by atoms with E-state index in [-0.39, 0.29) is 5.91 Å². The Kier molecular flexibility index (Phi) is 3.91. The molecular weight excluding hydrogens is 226 g/mol. The molecule has 1 amide bonds. The smallest absolute Gasteiger partial charge is 0.224 e. The topological polar surface area (TPSA) is 68.0 Å². The summed E-state index contributed by atoms with van der Waals surface area (Å²) < 4.78 is 0. The SMILES string of the molecule is Nc1cccc(CC(=O)NCc2cccnc2)c1. The van der Waals surface area contributed by atoms with Crippen molar-refractivity contribution in [1.29, 1.82) is 0 Å². The lowest BCUT2D eigenvalue weighted by Gasteiger charge is -2.05. The minimum atomic E-state index is -0.0237. The van der Waals surface area contributed by atoms with Crippen molar-refractivity contribution < 1.29 is 4.79 Å². The average Bonchev–Trinajstić information content (AvgIpc) is 2.38. The van der Waals surface area contributed by atoms with Crippen molar-refractivity contribution in [2.24, 2.45) is 0 Å². The molecule has 0 unspecified atom stereocenters. The first-order valence-electron chi connectivity index (χ1n) is 5.74. The van der Waals surface area contributed by atoms with Gasteiger partial charge in [-0.1, -0.05) is 18.2 Å². The minimum absolute atomic E-state index is 0.0237. The van der Waals surface area contributed by atoms with Gasteiger partial charge in [-0.15, -0.1) is 0 Å². The number of nitrogens with two attached hydrogens (primary N) is 1. The van der Waals surface area contributed by atoms with Crippen molar-refractivity contribution in [1.82, 2.24) is 10.3 Å². The summed E-state index contributed by atoms with van der Waals surface area (Å²) in [6, 6.07) is 11.1. The number of hydrogen-bond acceptors (Lipinski definition) is 3. The van der Waals surface area contributed by atoms with Crippen LogP contribution < -0.4 is 11.1 Å². The fourth-order valence-corrected chi connectivity index (χ4v) is 1.65. The summed E-state index contributed by atoms with van der Waals surface area (Å²) in [4.78, 5) is 15.7. The van der Waals surface area contributed by atoms with E-state index >= 15 is 0 Å². The quantitative estimate of drug-likeness (QED) is 0.797. The molecule has 2 aromatic rings. The van der Waals surface area contributed by atoms with Gasteiger partial charge in [0, 0.05) is 24.6 Å². The summed E-state index contributed by atoms with van der Waals surface area (Å²) in [7, 11) is 0. The van der Waals surface area contributed by atoms with Crippen molar-refractivity contribution in [3.05, 3.63) is 59.9 Å². The largest absolute Gasteiger partial charge is 0.399 e. The van der Waals surface area contributed by atoms with E-state index in [0.29, 0.717) is 18.7 Å². The molecule has 0 spiro atoms. The summed E-state index contributed by atoms with van der Waals surface area (Å²) in [5.41, 5.74) is 8.23. The number of nitrogens with zero attached hydrogens (tertiary/aromatic N) is 1. The zero-order chi connectivity index (χ0) is 12.8. The van der Waals surface area contributed by atoms with Crippen LogP contribution in [-0.4, -0.2) is 10.9 Å². The molecule has 18 heavy (non-hydrogen) atoms. The molecule has 0 saturated carbocycles. The molecule has 0 bridgehead atoms. The van der Waals surface area contributed by atoms with E-state index in [4.69, 9.17) is 5.73 Å². The Balaban J connectivity index is 1.86. The highest BCUT2D eigenvalue weighted by molar-refractivity contribution is 5.78. The lowest BCUT2D eigenvalue weighted by Crippen LogP contribution is -2.24. The molecule has 2 rings (SSSR count). The highest BCUT2D eigenvalue weighted by Gasteiger charge is 2.03. The second-order valence-corrected chi connectivity index (χ2v) is 4.06. The van der Waals surface area contributed by atoms with Crippen LogP contribution >= 0.6 is 0 Å². The molecule has 0 atom stereocenters. The van der Waals surface area contributed by atoms with Gasteiger partial charge in [0.25, 0.3) is 0 Å². The number of nitrogen functional groups attached to an aromatic ring is 1. The molecule has 0 aliphatic carbocycles. The number of rotatable bonds is 4. The molecule has 3 N–H and O–H groups in total. The molecule has 4 heteroatoms. The van der Waals surface area contributed by atoms with Crippen molar-refractivity contribution in [3.63, 3.8) is 0 Å². The molecule has 0 aliphatic rings. The zero-order valence-corrected chi connectivity index (χ0v) is 9.97. The van der Waals surface area contributed by atoms with Crippen LogP contribution in [0.1, 0.15) is 11.1 Å². The second-order valence-electron chi connectivity index (χ2n) is 4.06. The van der Waals surface area contributed by atoms with Crippen molar-refractivity contribution in [2.45, 2.75) is 13.0 Å². The van der Waals surface area contributed by atoms with Gasteiger partial charge in [-0.25, -0.2) is 0 Å². The van der Waals surface area contributed by atoms with Crippen LogP contribution in [0.5, 0.6) is 0 Å². The van der Waals surface area contributed by atoms with Gasteiger partial charge in [0.2, 0.25) is 5.91 Å². The van der Waals surface area contributed by atoms with Crippen LogP contribution in [0.4, 0.5) is 5.69 Å². The second kappa shape index (κ2) is 5.82. The summed E-state index contributed by atoms with van der Waals surface area (Å²) in [6.45, 7) is 0.495. The van der Waals surface area contributed by atoms with Gasteiger partial charge < -0.3 is 11.1 Å². The fraction of sp³-hybridized carbons (Fsp3) is 0.143. The van der Waals surface area contributed by atoms with Gasteiger partial charge in [-0.3, -0.25) is 9.78 Å². The predicted octanol–water partition coefficient (Wildman–Crippen LogP) is 1.52. The minimum Gasteiger partial charge on any atom is -0.399 e. The third kappa shape index (κ3) is 3.59. The zero-order valence-electron chi connectivity index (χ0n) is 9.97. The number of hydrogen-bond donors (Lipinski definition) is 2. The standard InChI is InChI=1S/C14H15N3O/c15-13-5-1-3-11(7-13)8-14(18)17-10-12-4-2-6-16-9-12/h1-7,9H,8,10,15H2,(H,17,18). The van der Waals surface area contributed by atoms with E-state index in [1.54, 1.807) is 18.5 Å². The molecule has 0 aliphatic heterocycles. The number of aromatic nitrogens is 1. The van der Waals surface area contributed by atoms with Gasteiger partial charge in [0.1, 0.15) is 0 Å². The lowest BCUT2D eigenvalue weighted by atomic mass is 10.1. The van der Waals surface area contributed by atoms with Crippen LogP contribution in [0.3, 0.4) is 0 Å². The van der Waals surface area contributed by atoms with Crippen LogP contribution in [0.2, 0.25) is 0 Å². The van der Waals surface area contributed by atoms with Crippen LogP contribution in [0, 0.1) is 0 Å². The maximum Gasteiger partial charge on any atom is 0.224 e. The van der Waals surface area contributed by atoms with E-state index < -0.39 is 0 Å². The number of nitrogens with one attached hydrogen (secondary N) is 1. The Labute approximate surface area is 106 Å². The molecule has 1 aromatic carbocycles.